The lowest BCUT2D eigenvalue weighted by Gasteiger charge is -2.37. The maximum atomic E-state index is 14.9. The molecule has 39 heteroatoms. The third kappa shape index (κ3) is 22.2. The van der Waals surface area contributed by atoms with Gasteiger partial charge >= 0.3 is 10.3 Å². The summed E-state index contributed by atoms with van der Waals surface area (Å²) >= 11 is 1.39. The average molecular weight is 1610 g/mol. The number of imidazole rings is 1. The zero-order valence-electron chi connectivity index (χ0n) is 63.7. The molecular formula is C73H97N17O19S3. The van der Waals surface area contributed by atoms with Crippen LogP contribution in [0.1, 0.15) is 119 Å². The van der Waals surface area contributed by atoms with Gasteiger partial charge in [0, 0.05) is 18.5 Å². The summed E-state index contributed by atoms with van der Waals surface area (Å²) in [5.41, 5.74) is 13.4. The van der Waals surface area contributed by atoms with Crippen molar-refractivity contribution in [2.75, 3.05) is 44.0 Å². The number of nitrogens with one attached hydrogen (secondary N) is 10. The summed E-state index contributed by atoms with van der Waals surface area (Å²) in [4.78, 5) is 142. The van der Waals surface area contributed by atoms with Crippen LogP contribution >= 0.6 is 11.8 Å². The molecule has 9 amide bonds. The molecule has 606 valence electrons. The number of aromatic nitrogens is 4. The SMILES string of the molecule is CSCC[C@H](NC=O)C(=O)N[C@@H](CCCN=C(N)NS(=O)(=O)c1c(C)c(C)c2c(c1C)CC(C)(C)O2)C(=O)N[C@H](C(=O)NCC(=O)N[C@@H](CC(=O)NC(c1ccccc1)(c1ccccc1)c1ccccc1)C(=O)N[C@@H](C)C(=O)NCC(=O)NS(=O)(=O)OC[C@H]1O[C@@H](n2cnc3c(N)ncnc32)[C@H](O)[C@@H]1O)[C@@H](C)OC(C)(C)C. The molecule has 0 radical (unpaired) electrons. The smallest absolute Gasteiger partial charge is 0.362 e. The van der Waals surface area contributed by atoms with E-state index in [1.165, 1.54) is 36.5 Å². The van der Waals surface area contributed by atoms with Crippen molar-refractivity contribution in [3.05, 3.63) is 143 Å². The molecule has 1 fully saturated rings. The van der Waals surface area contributed by atoms with E-state index in [4.69, 9.17) is 29.9 Å². The van der Waals surface area contributed by atoms with E-state index in [1.54, 1.807) is 144 Å². The van der Waals surface area contributed by atoms with E-state index in [0.29, 0.717) is 57.7 Å². The molecule has 6 aromatic rings. The topological polar surface area (TPSA) is 528 Å². The number of aliphatic hydroxyl groups is 2. The number of carbonyl (C=O) groups is 9. The molecule has 1 saturated heterocycles. The van der Waals surface area contributed by atoms with E-state index < -0.39 is 177 Å². The highest BCUT2D eigenvalue weighted by Crippen LogP contribution is 2.44. The zero-order valence-corrected chi connectivity index (χ0v) is 66.1. The number of rotatable bonds is 37. The van der Waals surface area contributed by atoms with Gasteiger partial charge in [0.2, 0.25) is 53.7 Å². The number of guanidine groups is 1. The third-order valence-electron chi connectivity index (χ3n) is 18.4. The summed E-state index contributed by atoms with van der Waals surface area (Å²) < 4.78 is 82.2. The molecule has 4 heterocycles. The van der Waals surface area contributed by atoms with Crippen molar-refractivity contribution in [2.24, 2.45) is 10.7 Å². The van der Waals surface area contributed by atoms with Gasteiger partial charge in [0.1, 0.15) is 77.3 Å². The number of aliphatic imine (C=N–C) groups is 1. The number of amides is 9. The highest BCUT2D eigenvalue weighted by Gasteiger charge is 2.46. The quantitative estimate of drug-likeness (QED) is 0.00795. The summed E-state index contributed by atoms with van der Waals surface area (Å²) in [5, 5.41) is 42.0. The molecular weight excluding hydrogens is 1520 g/mol. The molecule has 10 atom stereocenters. The first-order valence-electron chi connectivity index (χ1n) is 35.7. The van der Waals surface area contributed by atoms with Crippen LogP contribution in [0.5, 0.6) is 5.75 Å². The molecule has 4 aromatic carbocycles. The van der Waals surface area contributed by atoms with Gasteiger partial charge in [0.25, 0.3) is 15.9 Å². The normalized spacial score (nSPS) is 17.8. The lowest BCUT2D eigenvalue weighted by atomic mass is 9.77. The van der Waals surface area contributed by atoms with E-state index in [0.717, 1.165) is 11.9 Å². The van der Waals surface area contributed by atoms with Crippen LogP contribution in [-0.4, -0.2) is 210 Å². The Morgan fingerprint density at radius 1 is 0.732 bits per heavy atom. The van der Waals surface area contributed by atoms with E-state index in [9.17, 15) is 70.2 Å². The number of hydrogen-bond donors (Lipinski definition) is 14. The number of thioether (sulfide) groups is 1. The monoisotopic (exact) mass is 1610 g/mol. The van der Waals surface area contributed by atoms with Gasteiger partial charge < -0.3 is 78.4 Å². The van der Waals surface area contributed by atoms with Crippen molar-refractivity contribution in [3.8, 4) is 5.75 Å². The Morgan fingerprint density at radius 3 is 1.92 bits per heavy atom. The van der Waals surface area contributed by atoms with Gasteiger partial charge in [0.15, 0.2) is 17.7 Å². The first-order valence-corrected chi connectivity index (χ1v) is 40.0. The fourth-order valence-electron chi connectivity index (χ4n) is 13.0. The van der Waals surface area contributed by atoms with E-state index in [1.807, 2.05) is 13.8 Å². The third-order valence-corrected chi connectivity index (χ3v) is 21.6. The number of fused-ring (bicyclic) bond motifs is 2. The van der Waals surface area contributed by atoms with Crippen molar-refractivity contribution in [3.63, 3.8) is 0 Å². The molecule has 2 aliphatic heterocycles. The number of sulfonamides is 1. The molecule has 36 nitrogen and oxygen atoms in total. The van der Waals surface area contributed by atoms with Crippen LogP contribution in [0.2, 0.25) is 0 Å². The van der Waals surface area contributed by atoms with Gasteiger partial charge in [-0.15, -0.1) is 0 Å². The first-order chi connectivity index (χ1) is 52.8. The van der Waals surface area contributed by atoms with E-state index in [-0.39, 0.29) is 47.7 Å². The lowest BCUT2D eigenvalue weighted by molar-refractivity contribution is -0.139. The van der Waals surface area contributed by atoms with Crippen LogP contribution in [0.3, 0.4) is 0 Å². The van der Waals surface area contributed by atoms with E-state index >= 15 is 0 Å². The highest BCUT2D eigenvalue weighted by molar-refractivity contribution is 7.98. The number of aliphatic hydroxyl groups excluding tert-OH is 2. The van der Waals surface area contributed by atoms with Crippen LogP contribution in [0.25, 0.3) is 11.2 Å². The Morgan fingerprint density at radius 2 is 1.32 bits per heavy atom. The Kier molecular flexibility index (Phi) is 29.4. The minimum Gasteiger partial charge on any atom is -0.487 e. The number of anilines is 1. The molecule has 8 rings (SSSR count). The number of carbonyl (C=O) groups excluding carboxylic acids is 9. The van der Waals surface area contributed by atoms with Crippen LogP contribution < -0.4 is 68.2 Å². The minimum absolute atomic E-state index is 0.0120. The summed E-state index contributed by atoms with van der Waals surface area (Å²) in [6.07, 6.45) is -3.43. The highest BCUT2D eigenvalue weighted by atomic mass is 32.2. The fraction of sp³-hybridized carbons (Fsp3) is 0.466. The van der Waals surface area contributed by atoms with Crippen LogP contribution in [0.4, 0.5) is 5.82 Å². The van der Waals surface area contributed by atoms with Gasteiger partial charge in [-0.05, 0) is 134 Å². The van der Waals surface area contributed by atoms with Crippen LogP contribution in [0.15, 0.2) is 114 Å². The second-order valence-corrected chi connectivity index (χ2v) is 32.4. The number of nitrogens with zero attached hydrogens (tertiary/aromatic N) is 5. The maximum absolute atomic E-state index is 14.9. The molecule has 0 aliphatic carbocycles. The molecule has 0 unspecified atom stereocenters. The molecule has 16 N–H and O–H groups in total. The van der Waals surface area contributed by atoms with Crippen molar-refractivity contribution in [1.29, 1.82) is 0 Å². The second kappa shape index (κ2) is 37.7. The van der Waals surface area contributed by atoms with Gasteiger partial charge in [-0.3, -0.25) is 56.9 Å². The number of ether oxygens (including phenoxy) is 3. The largest absolute Gasteiger partial charge is 0.487 e. The van der Waals surface area contributed by atoms with Gasteiger partial charge in [0.05, 0.1) is 49.0 Å². The van der Waals surface area contributed by atoms with Crippen molar-refractivity contribution in [2.45, 2.75) is 184 Å². The molecule has 112 heavy (non-hydrogen) atoms. The maximum Gasteiger partial charge on any atom is 0.362 e. The van der Waals surface area contributed by atoms with Crippen molar-refractivity contribution in [1.82, 2.24) is 71.5 Å². The number of benzene rings is 4. The van der Waals surface area contributed by atoms with Gasteiger partial charge in [-0.2, -0.15) is 20.2 Å². The van der Waals surface area contributed by atoms with Crippen LogP contribution in [0, 0.1) is 20.8 Å². The number of nitrogen functional groups attached to an aromatic ring is 1. The Labute approximate surface area is 652 Å². The molecule has 2 aromatic heterocycles. The minimum atomic E-state index is -5.01. The Hall–Kier alpha value is -10.4. The van der Waals surface area contributed by atoms with Crippen molar-refractivity contribution >= 4 is 109 Å². The molecule has 0 saturated carbocycles. The summed E-state index contributed by atoms with van der Waals surface area (Å²) in [7, 11) is -9.33. The molecule has 0 spiro atoms. The number of nitrogens with two attached hydrogens (primary N) is 2. The Bertz CT molecular complexity index is 4570. The lowest BCUT2D eigenvalue weighted by Crippen LogP contribution is -2.60. The van der Waals surface area contributed by atoms with Gasteiger partial charge in [-0.25, -0.2) is 32.8 Å². The molecule has 2 aliphatic rings. The summed E-state index contributed by atoms with van der Waals surface area (Å²) in [5.74, 6) is -7.69. The standard InChI is InChI=1S/C73H97N17O19S3/c1-40-41(2)61(42(3)48-33-72(9,10)109-60(40)48)111(102,103)89-70(75)76-30-21-28-50(85-65(98)49(82-39-91)29-31-110-11)66(99)86-56(44(5)108-71(6,7)8)68(101)78-34-54(93)84-51(32-53(92)87-73(45-22-15-12-16-23-45,46-24-17-13-18-25-46)47-26-19-14-20-27-47)67(100)83-43(4)64(97)77-35-55(94)88-112(104,105)106-36-52-58(95)59(96)69(107-52)90-38-81-57-62(74)79-37-80-63(57)90/h12-20,22-27,37-39,43-44,49-52,56,58-59,69,95-96H,21,28-36H2,1-11H3,(H,77,97)(H,78,101)(H,82,91)(H,83,100)(H,84,93)(H,85,98)(H,86,99)(H,87,92)(H,88,94)(H2,74,79,80)(H3,75,76,89)/t43-,44+,49-,50-,51-,52+,56-,58+,59+,69+/m0/s1. The predicted octanol–water partition coefficient (Wildman–Crippen LogP) is -0.121. The van der Waals surface area contributed by atoms with Crippen molar-refractivity contribution < 1.29 is 88.6 Å². The summed E-state index contributed by atoms with van der Waals surface area (Å²) in [6, 6.07) is 18.9. The summed E-state index contributed by atoms with van der Waals surface area (Å²) in [6.45, 7) is 13.5. The Balaban J connectivity index is 0.975. The van der Waals surface area contributed by atoms with Crippen LogP contribution in [-0.2, 0) is 89.1 Å². The fourth-order valence-corrected chi connectivity index (χ4v) is 15.7. The molecule has 0 bridgehead atoms. The van der Waals surface area contributed by atoms with E-state index in [2.05, 4.69) is 67.2 Å². The van der Waals surface area contributed by atoms with Gasteiger partial charge in [-0.1, -0.05) is 91.0 Å². The number of hydrogen-bond acceptors (Lipinski definition) is 25. The average Bonchev–Trinajstić information content (AvgIpc) is 1.40. The zero-order chi connectivity index (χ0) is 82.2. The second-order valence-electron chi connectivity index (χ2n) is 28.4. The first kappa shape index (κ1) is 87.2. The predicted molar refractivity (Wildman–Crippen MR) is 411 cm³/mol.